The number of hydrogen-bond acceptors (Lipinski definition) is 12. The third-order valence-corrected chi connectivity index (χ3v) is 3.95. The average Bonchev–Trinajstić information content (AvgIpc) is 2.49. The molecule has 0 aliphatic carbocycles. The number of unbranched alkanes of at least 4 members (excludes halogenated alkanes) is 9. The molecular formula is C12H33N2NaO12S3. The molecule has 0 fully saturated rings. The Bertz CT molecular complexity index is 639. The van der Waals surface area contributed by atoms with Crippen molar-refractivity contribution in [3.8, 4) is 0 Å². The van der Waals surface area contributed by atoms with Gasteiger partial charge in [0, 0.05) is 0 Å². The van der Waals surface area contributed by atoms with Crippen LogP contribution in [0.4, 0.5) is 0 Å². The Labute approximate surface area is 201 Å². The smallest absolute Gasteiger partial charge is 0.724 e. The molecular weight excluding hydrogens is 483 g/mol. The van der Waals surface area contributed by atoms with Gasteiger partial charge in [-0.05, 0) is 6.42 Å². The number of rotatable bonds is 15. The van der Waals surface area contributed by atoms with Crippen LogP contribution in [0.2, 0.25) is 0 Å². The van der Waals surface area contributed by atoms with Crippen LogP contribution in [0.5, 0.6) is 0 Å². The molecule has 18 heteroatoms. The van der Waals surface area contributed by atoms with E-state index in [1.807, 2.05) is 0 Å². The van der Waals surface area contributed by atoms with E-state index in [0.29, 0.717) is 6.42 Å². The van der Waals surface area contributed by atoms with Crippen LogP contribution in [0.3, 0.4) is 0 Å². The third kappa shape index (κ3) is 46.6. The van der Waals surface area contributed by atoms with Gasteiger partial charge in [0.15, 0.2) is 0 Å². The van der Waals surface area contributed by atoms with Gasteiger partial charge >= 0.3 is 50.4 Å². The van der Waals surface area contributed by atoms with Crippen molar-refractivity contribution >= 4 is 31.2 Å². The first kappa shape index (κ1) is 40.8. The standard InChI is InChI=1S/C12H26O4S.2H3N.Na.H2O8S2/c1-2-3-4-5-6-7-8-9-10-11-12-16-17(13,14)15;;;;1-9(2,3)7-8-10(4,5)6/h2-12H2,1H3,(H,13,14,15);2*1H3;;(H,1,2,3)(H,4,5,6)/q;;;+1;/p-1. The first-order chi connectivity index (χ1) is 12.3. The minimum Gasteiger partial charge on any atom is -0.724 e. The van der Waals surface area contributed by atoms with E-state index in [2.05, 4.69) is 19.8 Å². The van der Waals surface area contributed by atoms with Crippen molar-refractivity contribution in [2.45, 2.75) is 71.1 Å². The van der Waals surface area contributed by atoms with Gasteiger partial charge in [-0.3, -0.25) is 9.11 Å². The Kier molecular flexibility index (Phi) is 30.9. The SMILES string of the molecule is CCCCCCCCCCCCOS(=O)(=O)O.N.N.O=S(=O)([O-])OOS(=O)(=O)O.[Na+]. The molecule has 0 atom stereocenters. The molecule has 0 unspecified atom stereocenters. The van der Waals surface area contributed by atoms with Gasteiger partial charge in [-0.2, -0.15) is 16.8 Å². The van der Waals surface area contributed by atoms with Crippen molar-refractivity contribution in [3.63, 3.8) is 0 Å². The minimum atomic E-state index is -5.27. The van der Waals surface area contributed by atoms with E-state index in [4.69, 9.17) is 9.11 Å². The molecule has 182 valence electrons. The first-order valence-corrected chi connectivity index (χ1v) is 12.3. The molecule has 0 aromatic heterocycles. The van der Waals surface area contributed by atoms with Gasteiger partial charge in [0.1, 0.15) is 0 Å². The van der Waals surface area contributed by atoms with Crippen molar-refractivity contribution in [1.29, 1.82) is 0 Å². The first-order valence-electron chi connectivity index (χ1n) is 8.19. The van der Waals surface area contributed by atoms with Crippen LogP contribution < -0.4 is 41.9 Å². The molecule has 0 aromatic rings. The predicted molar refractivity (Wildman–Crippen MR) is 103 cm³/mol. The van der Waals surface area contributed by atoms with Gasteiger partial charge in [-0.25, -0.2) is 12.6 Å². The largest absolute Gasteiger partial charge is 1.00 e. The van der Waals surface area contributed by atoms with E-state index in [0.717, 1.165) is 12.8 Å². The van der Waals surface area contributed by atoms with Gasteiger partial charge in [-0.1, -0.05) is 73.4 Å². The summed E-state index contributed by atoms with van der Waals surface area (Å²) in [4.78, 5) is 0. The normalized spacial score (nSPS) is 11.2. The molecule has 8 N–H and O–H groups in total. The van der Waals surface area contributed by atoms with E-state index in [9.17, 15) is 29.8 Å². The summed E-state index contributed by atoms with van der Waals surface area (Å²) in [5.74, 6) is 0. The number of hydrogen-bond donors (Lipinski definition) is 4. The Morgan fingerprint density at radius 3 is 1.30 bits per heavy atom. The maximum atomic E-state index is 10.2. The van der Waals surface area contributed by atoms with Crippen molar-refractivity contribution in [3.05, 3.63) is 0 Å². The second-order valence-corrected chi connectivity index (χ2v) is 8.44. The van der Waals surface area contributed by atoms with Gasteiger partial charge in [0.25, 0.3) is 0 Å². The second kappa shape index (κ2) is 22.7. The fourth-order valence-electron chi connectivity index (χ4n) is 1.82. The molecule has 0 aliphatic rings. The van der Waals surface area contributed by atoms with Crippen molar-refractivity contribution in [1.82, 2.24) is 12.3 Å². The van der Waals surface area contributed by atoms with Crippen LogP contribution >= 0.6 is 0 Å². The zero-order valence-electron chi connectivity index (χ0n) is 17.4. The average molecular weight is 517 g/mol. The van der Waals surface area contributed by atoms with E-state index in [-0.39, 0.29) is 48.5 Å². The molecule has 0 rings (SSSR count). The third-order valence-electron chi connectivity index (χ3n) is 2.93. The van der Waals surface area contributed by atoms with Gasteiger partial charge in [0.2, 0.25) is 10.4 Å². The minimum absolute atomic E-state index is 0. The Hall–Kier alpha value is 0.530. The van der Waals surface area contributed by atoms with E-state index < -0.39 is 31.2 Å². The van der Waals surface area contributed by atoms with Crippen LogP contribution in [0.1, 0.15) is 71.1 Å². The van der Waals surface area contributed by atoms with Crippen LogP contribution in [-0.2, 0) is 44.0 Å². The molecule has 0 aromatic carbocycles. The van der Waals surface area contributed by atoms with Crippen LogP contribution in [0.15, 0.2) is 0 Å². The molecule has 30 heavy (non-hydrogen) atoms. The Morgan fingerprint density at radius 2 is 1.03 bits per heavy atom. The molecule has 0 radical (unpaired) electrons. The maximum absolute atomic E-state index is 10.2. The van der Waals surface area contributed by atoms with Crippen LogP contribution in [-0.4, -0.2) is 45.5 Å². The summed E-state index contributed by atoms with van der Waals surface area (Å²) in [6, 6.07) is 0. The fraction of sp³-hybridized carbons (Fsp3) is 1.00. The molecule has 0 heterocycles. The second-order valence-electron chi connectivity index (χ2n) is 5.40. The predicted octanol–water partition coefficient (Wildman–Crippen LogP) is -0.748. The van der Waals surface area contributed by atoms with E-state index >= 15 is 0 Å². The summed E-state index contributed by atoms with van der Waals surface area (Å²) < 4.78 is 93.2. The van der Waals surface area contributed by atoms with Gasteiger partial charge in [0.05, 0.1) is 6.61 Å². The summed E-state index contributed by atoms with van der Waals surface area (Å²) in [6.45, 7) is 2.31. The van der Waals surface area contributed by atoms with Gasteiger partial charge in [-0.15, -0.1) is 0 Å². The zero-order valence-corrected chi connectivity index (χ0v) is 21.8. The Balaban J connectivity index is -0.000000140. The quantitative estimate of drug-likeness (QED) is 0.0521. The molecule has 0 saturated carbocycles. The summed E-state index contributed by atoms with van der Waals surface area (Å²) in [5.41, 5.74) is 0. The summed E-state index contributed by atoms with van der Waals surface area (Å²) in [7, 11) is -14.6. The maximum Gasteiger partial charge on any atom is 1.00 e. The molecule has 0 saturated heterocycles. The van der Waals surface area contributed by atoms with E-state index in [1.165, 1.54) is 44.9 Å². The van der Waals surface area contributed by atoms with Crippen molar-refractivity contribution < 1.29 is 81.3 Å². The van der Waals surface area contributed by atoms with Gasteiger partial charge < -0.3 is 16.9 Å². The van der Waals surface area contributed by atoms with Crippen molar-refractivity contribution in [2.75, 3.05) is 6.61 Å². The van der Waals surface area contributed by atoms with E-state index in [1.54, 1.807) is 0 Å². The zero-order chi connectivity index (χ0) is 21.4. The van der Waals surface area contributed by atoms with Crippen LogP contribution in [0.25, 0.3) is 0 Å². The molecule has 0 spiro atoms. The van der Waals surface area contributed by atoms with Crippen LogP contribution in [0, 0.1) is 0 Å². The molecule has 0 aliphatic heterocycles. The summed E-state index contributed by atoms with van der Waals surface area (Å²) >= 11 is 0. The fourth-order valence-corrected chi connectivity index (χ4v) is 2.70. The summed E-state index contributed by atoms with van der Waals surface area (Å²) in [5, 5.41) is 0. The molecule has 14 nitrogen and oxygen atoms in total. The summed E-state index contributed by atoms with van der Waals surface area (Å²) in [6.07, 6.45) is 11.9. The molecule has 0 bridgehead atoms. The topological polar surface area (TPSA) is 264 Å². The monoisotopic (exact) mass is 516 g/mol. The molecule has 0 amide bonds. The van der Waals surface area contributed by atoms with Crippen molar-refractivity contribution in [2.24, 2.45) is 0 Å². The Morgan fingerprint density at radius 1 is 0.667 bits per heavy atom.